The Kier molecular flexibility index (Phi) is 9.50. The zero-order chi connectivity index (χ0) is 23.7. The van der Waals surface area contributed by atoms with Crippen molar-refractivity contribution in [1.82, 2.24) is 5.32 Å². The normalized spacial score (nSPS) is 11.6. The molecule has 2 aromatic carbocycles. The van der Waals surface area contributed by atoms with Gasteiger partial charge in [0.2, 0.25) is 11.7 Å². The maximum atomic E-state index is 12.6. The van der Waals surface area contributed by atoms with E-state index in [-0.39, 0.29) is 11.9 Å². The number of ether oxygens (including phenoxy) is 5. The highest BCUT2D eigenvalue weighted by atomic mass is 16.5. The fraction of sp³-hybridized carbons (Fsp3) is 0.480. The minimum Gasteiger partial charge on any atom is -0.493 e. The van der Waals surface area contributed by atoms with Crippen LogP contribution in [0.5, 0.6) is 28.7 Å². The molecule has 0 saturated carbocycles. The van der Waals surface area contributed by atoms with Gasteiger partial charge in [0.05, 0.1) is 41.1 Å². The summed E-state index contributed by atoms with van der Waals surface area (Å²) in [5.74, 6) is 3.39. The van der Waals surface area contributed by atoms with E-state index >= 15 is 0 Å². The minimum atomic E-state index is -0.178. The van der Waals surface area contributed by atoms with Gasteiger partial charge in [0.25, 0.3) is 0 Å². The molecule has 2 aromatic rings. The van der Waals surface area contributed by atoms with Gasteiger partial charge in [-0.2, -0.15) is 0 Å². The molecule has 0 aromatic heterocycles. The molecular weight excluding hydrogens is 410 g/mol. The first-order valence-corrected chi connectivity index (χ1v) is 10.7. The fourth-order valence-corrected chi connectivity index (χ4v) is 3.33. The number of amides is 1. The van der Waals surface area contributed by atoms with Gasteiger partial charge in [-0.3, -0.25) is 4.79 Å². The van der Waals surface area contributed by atoms with Crippen LogP contribution in [0.1, 0.15) is 44.4 Å². The van der Waals surface area contributed by atoms with E-state index in [0.29, 0.717) is 54.1 Å². The number of aryl methyl sites for hydroxylation is 1. The number of nitrogens with one attached hydrogen (secondary N) is 1. The largest absolute Gasteiger partial charge is 0.493 e. The van der Waals surface area contributed by atoms with Crippen molar-refractivity contribution in [3.63, 3.8) is 0 Å². The van der Waals surface area contributed by atoms with Gasteiger partial charge >= 0.3 is 0 Å². The van der Waals surface area contributed by atoms with Gasteiger partial charge in [0, 0.05) is 6.42 Å². The SMILES string of the molecule is COc1cc(C(C)NC(=O)CCc2ccc(OC)c(OC)c2OC)ccc1OCC(C)C. The molecule has 2 rings (SSSR count). The third-order valence-electron chi connectivity index (χ3n) is 5.04. The second-order valence-electron chi connectivity index (χ2n) is 7.90. The lowest BCUT2D eigenvalue weighted by Crippen LogP contribution is -2.26. The van der Waals surface area contributed by atoms with Gasteiger partial charge in [0.1, 0.15) is 0 Å². The molecule has 176 valence electrons. The van der Waals surface area contributed by atoms with Crippen LogP contribution in [0, 0.1) is 5.92 Å². The second-order valence-corrected chi connectivity index (χ2v) is 7.90. The van der Waals surface area contributed by atoms with Crippen molar-refractivity contribution in [3.8, 4) is 28.7 Å². The number of hydrogen-bond donors (Lipinski definition) is 1. The molecule has 32 heavy (non-hydrogen) atoms. The van der Waals surface area contributed by atoms with Gasteiger partial charge in [0.15, 0.2) is 23.0 Å². The van der Waals surface area contributed by atoms with Gasteiger partial charge in [-0.25, -0.2) is 0 Å². The highest BCUT2D eigenvalue weighted by Crippen LogP contribution is 2.40. The van der Waals surface area contributed by atoms with E-state index in [1.54, 1.807) is 28.4 Å². The van der Waals surface area contributed by atoms with Crippen molar-refractivity contribution in [3.05, 3.63) is 41.5 Å². The molecule has 0 spiro atoms. The van der Waals surface area contributed by atoms with E-state index < -0.39 is 0 Å². The molecule has 0 bridgehead atoms. The first-order valence-electron chi connectivity index (χ1n) is 10.7. The van der Waals surface area contributed by atoms with Crippen LogP contribution in [0.25, 0.3) is 0 Å². The summed E-state index contributed by atoms with van der Waals surface area (Å²) in [6.07, 6.45) is 0.816. The zero-order valence-corrected chi connectivity index (χ0v) is 20.1. The Bertz CT molecular complexity index is 896. The number of hydrogen-bond acceptors (Lipinski definition) is 6. The molecular formula is C25H35NO6. The highest BCUT2D eigenvalue weighted by molar-refractivity contribution is 5.77. The van der Waals surface area contributed by atoms with Crippen molar-refractivity contribution >= 4 is 5.91 Å². The molecule has 7 nitrogen and oxygen atoms in total. The van der Waals surface area contributed by atoms with E-state index in [2.05, 4.69) is 19.2 Å². The van der Waals surface area contributed by atoms with E-state index in [4.69, 9.17) is 23.7 Å². The smallest absolute Gasteiger partial charge is 0.220 e. The molecule has 1 amide bonds. The highest BCUT2D eigenvalue weighted by Gasteiger charge is 2.18. The Morgan fingerprint density at radius 2 is 1.50 bits per heavy atom. The van der Waals surface area contributed by atoms with Crippen molar-refractivity contribution in [1.29, 1.82) is 0 Å². The third kappa shape index (κ3) is 6.45. The maximum Gasteiger partial charge on any atom is 0.220 e. The van der Waals surface area contributed by atoms with Crippen LogP contribution in [0.4, 0.5) is 0 Å². The summed E-state index contributed by atoms with van der Waals surface area (Å²) in [6, 6.07) is 9.25. The quantitative estimate of drug-likeness (QED) is 0.516. The van der Waals surface area contributed by atoms with Crippen molar-refractivity contribution in [2.24, 2.45) is 5.92 Å². The average Bonchev–Trinajstić information content (AvgIpc) is 2.80. The lowest BCUT2D eigenvalue weighted by molar-refractivity contribution is -0.121. The van der Waals surface area contributed by atoms with Gasteiger partial charge < -0.3 is 29.0 Å². The molecule has 0 aliphatic heterocycles. The maximum absolute atomic E-state index is 12.6. The minimum absolute atomic E-state index is 0.0616. The molecule has 0 fully saturated rings. The predicted octanol–water partition coefficient (Wildman–Crippen LogP) is 4.57. The standard InChI is InChI=1S/C25H35NO6/c1-16(2)15-32-20-11-9-19(14-22(20)29-5)17(3)26-23(27)13-10-18-8-12-21(28-4)25(31-7)24(18)30-6/h8-9,11-12,14,16-17H,10,13,15H2,1-7H3,(H,26,27). The predicted molar refractivity (Wildman–Crippen MR) is 124 cm³/mol. The molecule has 1 unspecified atom stereocenters. The Balaban J connectivity index is 2.03. The van der Waals surface area contributed by atoms with E-state index in [0.717, 1.165) is 11.1 Å². The van der Waals surface area contributed by atoms with E-state index in [1.807, 2.05) is 37.3 Å². The summed E-state index contributed by atoms with van der Waals surface area (Å²) in [5.41, 5.74) is 1.82. The lowest BCUT2D eigenvalue weighted by atomic mass is 10.1. The topological polar surface area (TPSA) is 75.3 Å². The summed E-state index contributed by atoms with van der Waals surface area (Å²) in [4.78, 5) is 12.6. The first-order chi connectivity index (χ1) is 15.3. The van der Waals surface area contributed by atoms with Crippen LogP contribution in [-0.2, 0) is 11.2 Å². The van der Waals surface area contributed by atoms with Crippen LogP contribution in [0.2, 0.25) is 0 Å². The summed E-state index contributed by atoms with van der Waals surface area (Å²) in [7, 11) is 6.32. The molecule has 1 atom stereocenters. The first kappa shape index (κ1) is 25.2. The third-order valence-corrected chi connectivity index (χ3v) is 5.04. The van der Waals surface area contributed by atoms with Crippen molar-refractivity contribution in [2.75, 3.05) is 35.0 Å². The molecule has 7 heteroatoms. The van der Waals surface area contributed by atoms with Gasteiger partial charge in [-0.1, -0.05) is 26.0 Å². The van der Waals surface area contributed by atoms with Gasteiger partial charge in [-0.15, -0.1) is 0 Å². The molecule has 0 radical (unpaired) electrons. The average molecular weight is 446 g/mol. The van der Waals surface area contributed by atoms with E-state index in [1.165, 1.54) is 0 Å². The number of carbonyl (C=O) groups excluding carboxylic acids is 1. The summed E-state index contributed by atoms with van der Waals surface area (Å²) in [5, 5.41) is 3.04. The van der Waals surface area contributed by atoms with E-state index in [9.17, 15) is 4.79 Å². The van der Waals surface area contributed by atoms with Gasteiger partial charge in [-0.05, 0) is 48.6 Å². The van der Waals surface area contributed by atoms with Crippen LogP contribution in [-0.4, -0.2) is 41.0 Å². The van der Waals surface area contributed by atoms with Crippen LogP contribution >= 0.6 is 0 Å². The Morgan fingerprint density at radius 1 is 0.844 bits per heavy atom. The Morgan fingerprint density at radius 3 is 2.09 bits per heavy atom. The summed E-state index contributed by atoms with van der Waals surface area (Å²) in [6.45, 7) is 6.74. The number of carbonyl (C=O) groups is 1. The van der Waals surface area contributed by atoms with Crippen molar-refractivity contribution in [2.45, 2.75) is 39.7 Å². The number of benzene rings is 2. The lowest BCUT2D eigenvalue weighted by Gasteiger charge is -2.18. The Hall–Kier alpha value is -3.09. The molecule has 0 heterocycles. The monoisotopic (exact) mass is 445 g/mol. The van der Waals surface area contributed by atoms with Crippen LogP contribution < -0.4 is 29.0 Å². The molecule has 1 N–H and O–H groups in total. The van der Waals surface area contributed by atoms with Crippen LogP contribution in [0.15, 0.2) is 30.3 Å². The number of rotatable bonds is 12. The molecule has 0 aliphatic rings. The fourth-order valence-electron chi connectivity index (χ4n) is 3.33. The Labute approximate surface area is 191 Å². The second kappa shape index (κ2) is 12.1. The van der Waals surface area contributed by atoms with Crippen LogP contribution in [0.3, 0.4) is 0 Å². The summed E-state index contributed by atoms with van der Waals surface area (Å²) < 4.78 is 27.5. The number of methoxy groups -OCH3 is 4. The molecule has 0 saturated heterocycles. The van der Waals surface area contributed by atoms with Crippen molar-refractivity contribution < 1.29 is 28.5 Å². The summed E-state index contributed by atoms with van der Waals surface area (Å²) >= 11 is 0. The zero-order valence-electron chi connectivity index (χ0n) is 20.1. The molecule has 0 aliphatic carbocycles.